The molecule has 14 heavy (non-hydrogen) atoms. The minimum Gasteiger partial charge on any atom is -0.480 e. The van der Waals surface area contributed by atoms with Crippen LogP contribution in [0.4, 0.5) is 0 Å². The van der Waals surface area contributed by atoms with Crippen LogP contribution in [0.25, 0.3) is 0 Å². The van der Waals surface area contributed by atoms with E-state index in [1.807, 2.05) is 30.3 Å². The Bertz CT molecular complexity index is 319. The summed E-state index contributed by atoms with van der Waals surface area (Å²) in [6, 6.07) is 9.32. The van der Waals surface area contributed by atoms with Gasteiger partial charge in [0.05, 0.1) is 0 Å². The molecule has 1 aliphatic rings. The molecule has 1 saturated carbocycles. The molecule has 3 nitrogen and oxygen atoms in total. The second-order valence-corrected chi connectivity index (χ2v) is 3.59. The Balaban J connectivity index is 2.04. The van der Waals surface area contributed by atoms with E-state index in [1.165, 1.54) is 0 Å². The Morgan fingerprint density at radius 1 is 1.36 bits per heavy atom. The van der Waals surface area contributed by atoms with Crippen LogP contribution in [0.2, 0.25) is 0 Å². The van der Waals surface area contributed by atoms with E-state index in [1.54, 1.807) is 0 Å². The number of rotatable bonds is 4. The highest BCUT2D eigenvalue weighted by molar-refractivity contribution is 5.80. The molecule has 1 aliphatic carbocycles. The number of para-hydroxylation sites is 1. The summed E-state index contributed by atoms with van der Waals surface area (Å²) < 4.78 is 5.53. The molecule has 2 rings (SSSR count). The minimum absolute atomic E-state index is 0.327. The molecule has 0 aromatic heterocycles. The first-order chi connectivity index (χ1) is 6.77. The summed E-state index contributed by atoms with van der Waals surface area (Å²) >= 11 is 0. The van der Waals surface area contributed by atoms with Crippen molar-refractivity contribution < 1.29 is 9.53 Å². The van der Waals surface area contributed by atoms with Crippen molar-refractivity contribution in [3.63, 3.8) is 0 Å². The topological polar surface area (TPSA) is 52.3 Å². The summed E-state index contributed by atoms with van der Waals surface area (Å²) in [5, 5.41) is 0. The lowest BCUT2D eigenvalue weighted by atomic mass is 10.2. The summed E-state index contributed by atoms with van der Waals surface area (Å²) in [5.41, 5.74) is 5.26. The van der Waals surface area contributed by atoms with Crippen LogP contribution in [0.5, 0.6) is 5.75 Å². The summed E-state index contributed by atoms with van der Waals surface area (Å²) in [6.45, 7) is 0. The average molecular weight is 191 g/mol. The van der Waals surface area contributed by atoms with Gasteiger partial charge in [0.2, 0.25) is 0 Å². The van der Waals surface area contributed by atoms with E-state index in [0.717, 1.165) is 12.8 Å². The van der Waals surface area contributed by atoms with Gasteiger partial charge in [-0.15, -0.1) is 0 Å². The molecule has 1 amide bonds. The monoisotopic (exact) mass is 191 g/mol. The Morgan fingerprint density at radius 2 is 2.00 bits per heavy atom. The standard InChI is InChI=1S/C11H13NO2/c12-11(13)10(8-6-7-8)14-9-4-2-1-3-5-9/h1-5,8,10H,6-7H2,(H2,12,13). The summed E-state index contributed by atoms with van der Waals surface area (Å²) in [6.07, 6.45) is 1.64. The van der Waals surface area contributed by atoms with Crippen LogP contribution in [0.3, 0.4) is 0 Å². The molecule has 2 N–H and O–H groups in total. The van der Waals surface area contributed by atoms with E-state index >= 15 is 0 Å². The van der Waals surface area contributed by atoms with Crippen LogP contribution in [0, 0.1) is 5.92 Å². The Kier molecular flexibility index (Phi) is 2.39. The fourth-order valence-electron chi connectivity index (χ4n) is 1.43. The number of benzene rings is 1. The second-order valence-electron chi connectivity index (χ2n) is 3.59. The van der Waals surface area contributed by atoms with Crippen molar-refractivity contribution in [3.05, 3.63) is 30.3 Å². The van der Waals surface area contributed by atoms with Crippen LogP contribution in [0.15, 0.2) is 30.3 Å². The SMILES string of the molecule is NC(=O)C(Oc1ccccc1)C1CC1. The smallest absolute Gasteiger partial charge is 0.258 e. The molecule has 0 spiro atoms. The normalized spacial score (nSPS) is 17.4. The zero-order valence-corrected chi connectivity index (χ0v) is 7.85. The van der Waals surface area contributed by atoms with Crippen molar-refractivity contribution in [2.75, 3.05) is 0 Å². The maximum Gasteiger partial charge on any atom is 0.258 e. The Hall–Kier alpha value is -1.51. The molecule has 1 aromatic carbocycles. The fraction of sp³-hybridized carbons (Fsp3) is 0.364. The second kappa shape index (κ2) is 3.70. The molecule has 1 unspecified atom stereocenters. The molecule has 0 heterocycles. The average Bonchev–Trinajstić information content (AvgIpc) is 2.99. The Labute approximate surface area is 82.9 Å². The van der Waals surface area contributed by atoms with Crippen LogP contribution >= 0.6 is 0 Å². The van der Waals surface area contributed by atoms with Gasteiger partial charge in [0.1, 0.15) is 5.75 Å². The third-order valence-corrected chi connectivity index (χ3v) is 2.34. The quantitative estimate of drug-likeness (QED) is 0.780. The fourth-order valence-corrected chi connectivity index (χ4v) is 1.43. The van der Waals surface area contributed by atoms with Crippen molar-refractivity contribution >= 4 is 5.91 Å². The number of ether oxygens (including phenoxy) is 1. The van der Waals surface area contributed by atoms with Crippen molar-refractivity contribution in [2.24, 2.45) is 11.7 Å². The van der Waals surface area contributed by atoms with E-state index < -0.39 is 6.10 Å². The molecule has 74 valence electrons. The zero-order chi connectivity index (χ0) is 9.97. The maximum absolute atomic E-state index is 11.1. The number of amides is 1. The molecule has 3 heteroatoms. The third-order valence-electron chi connectivity index (χ3n) is 2.34. The first-order valence-corrected chi connectivity index (χ1v) is 4.78. The maximum atomic E-state index is 11.1. The van der Waals surface area contributed by atoms with Crippen LogP contribution < -0.4 is 10.5 Å². The zero-order valence-electron chi connectivity index (χ0n) is 7.85. The lowest BCUT2D eigenvalue weighted by Gasteiger charge is -2.14. The van der Waals surface area contributed by atoms with E-state index in [2.05, 4.69) is 0 Å². The molecule has 0 radical (unpaired) electrons. The molecule has 0 aliphatic heterocycles. The number of carbonyl (C=O) groups excluding carboxylic acids is 1. The number of hydrogen-bond acceptors (Lipinski definition) is 2. The van der Waals surface area contributed by atoms with E-state index in [4.69, 9.17) is 10.5 Å². The third kappa shape index (κ3) is 2.05. The first-order valence-electron chi connectivity index (χ1n) is 4.78. The van der Waals surface area contributed by atoms with Gasteiger partial charge in [0, 0.05) is 5.92 Å². The molecule has 0 saturated heterocycles. The minimum atomic E-state index is -0.447. The van der Waals surface area contributed by atoms with E-state index in [0.29, 0.717) is 11.7 Å². The number of hydrogen-bond donors (Lipinski definition) is 1. The summed E-state index contributed by atoms with van der Waals surface area (Å²) in [7, 11) is 0. The van der Waals surface area contributed by atoms with Crippen LogP contribution in [-0.4, -0.2) is 12.0 Å². The largest absolute Gasteiger partial charge is 0.480 e. The lowest BCUT2D eigenvalue weighted by molar-refractivity contribution is -0.125. The first kappa shape index (κ1) is 9.06. The van der Waals surface area contributed by atoms with Gasteiger partial charge in [-0.05, 0) is 25.0 Å². The van der Waals surface area contributed by atoms with Gasteiger partial charge in [-0.2, -0.15) is 0 Å². The van der Waals surface area contributed by atoms with Gasteiger partial charge >= 0.3 is 0 Å². The molecule has 1 aromatic rings. The van der Waals surface area contributed by atoms with Gasteiger partial charge in [-0.25, -0.2) is 0 Å². The van der Waals surface area contributed by atoms with Gasteiger partial charge in [-0.3, -0.25) is 4.79 Å². The van der Waals surface area contributed by atoms with E-state index in [-0.39, 0.29) is 5.91 Å². The predicted molar refractivity (Wildman–Crippen MR) is 52.8 cm³/mol. The molecule has 1 atom stereocenters. The van der Waals surface area contributed by atoms with Gasteiger partial charge < -0.3 is 10.5 Å². The summed E-state index contributed by atoms with van der Waals surface area (Å²) in [4.78, 5) is 11.1. The number of carbonyl (C=O) groups is 1. The van der Waals surface area contributed by atoms with Crippen molar-refractivity contribution in [3.8, 4) is 5.75 Å². The highest BCUT2D eigenvalue weighted by Crippen LogP contribution is 2.34. The number of primary amides is 1. The van der Waals surface area contributed by atoms with Gasteiger partial charge in [0.15, 0.2) is 6.10 Å². The lowest BCUT2D eigenvalue weighted by Crippen LogP contribution is -2.35. The number of nitrogens with two attached hydrogens (primary N) is 1. The molecule has 0 bridgehead atoms. The summed E-state index contributed by atoms with van der Waals surface area (Å²) in [5.74, 6) is 0.673. The van der Waals surface area contributed by atoms with Crippen LogP contribution in [-0.2, 0) is 4.79 Å². The molecular weight excluding hydrogens is 178 g/mol. The van der Waals surface area contributed by atoms with Crippen LogP contribution in [0.1, 0.15) is 12.8 Å². The van der Waals surface area contributed by atoms with E-state index in [9.17, 15) is 4.79 Å². The van der Waals surface area contributed by atoms with Gasteiger partial charge in [0.25, 0.3) is 5.91 Å². The molecule has 1 fully saturated rings. The van der Waals surface area contributed by atoms with Crippen molar-refractivity contribution in [1.82, 2.24) is 0 Å². The highest BCUT2D eigenvalue weighted by atomic mass is 16.5. The van der Waals surface area contributed by atoms with Crippen molar-refractivity contribution in [2.45, 2.75) is 18.9 Å². The highest BCUT2D eigenvalue weighted by Gasteiger charge is 2.36. The Morgan fingerprint density at radius 3 is 2.50 bits per heavy atom. The van der Waals surface area contributed by atoms with Crippen molar-refractivity contribution in [1.29, 1.82) is 0 Å². The predicted octanol–water partition coefficient (Wildman–Crippen LogP) is 1.33. The molecular formula is C11H13NO2. The van der Waals surface area contributed by atoms with Gasteiger partial charge in [-0.1, -0.05) is 18.2 Å².